The Labute approximate surface area is 74.2 Å². The highest BCUT2D eigenvalue weighted by Gasteiger charge is 2.04. The fraction of sp³-hybridized carbons (Fsp3) is 0. The molecular formula is C8H7N2O3-. The third kappa shape index (κ3) is 2.48. The summed E-state index contributed by atoms with van der Waals surface area (Å²) in [5.74, 6) is -0.743. The molecule has 0 atom stereocenters. The van der Waals surface area contributed by atoms with Crippen molar-refractivity contribution in [3.63, 3.8) is 0 Å². The summed E-state index contributed by atoms with van der Waals surface area (Å²) in [6.07, 6.45) is -1.63. The number of carboxylic acid groups (broad SMARTS) is 1. The molecule has 5 heteroatoms. The lowest BCUT2D eigenvalue weighted by Crippen LogP contribution is -2.40. The van der Waals surface area contributed by atoms with Gasteiger partial charge in [-0.1, -0.05) is 6.07 Å². The lowest BCUT2D eigenvalue weighted by atomic mass is 10.2. The standard InChI is InChI=1S/C8H8N2O3/c9-6-3-1-2-5(4-6)7(11)10-8(12)13/h1-4H,9H2,(H,10,11)(H,12,13)/p-1. The van der Waals surface area contributed by atoms with Crippen LogP contribution in [0.15, 0.2) is 24.3 Å². The number of carbonyl (C=O) groups is 2. The Morgan fingerprint density at radius 3 is 2.62 bits per heavy atom. The summed E-state index contributed by atoms with van der Waals surface area (Å²) in [5.41, 5.74) is 5.96. The van der Waals surface area contributed by atoms with E-state index in [-0.39, 0.29) is 5.56 Å². The molecule has 1 rings (SSSR count). The van der Waals surface area contributed by atoms with Crippen molar-refractivity contribution in [3.05, 3.63) is 29.8 Å². The van der Waals surface area contributed by atoms with Crippen LogP contribution < -0.4 is 16.2 Å². The van der Waals surface area contributed by atoms with Gasteiger partial charge in [0.2, 0.25) is 0 Å². The quantitative estimate of drug-likeness (QED) is 0.559. The van der Waals surface area contributed by atoms with Gasteiger partial charge in [-0.15, -0.1) is 0 Å². The predicted molar refractivity (Wildman–Crippen MR) is 43.7 cm³/mol. The molecule has 1 aromatic rings. The minimum Gasteiger partial charge on any atom is -0.530 e. The SMILES string of the molecule is Nc1cccc(C(=O)NC(=O)[O-])c1. The molecule has 0 aliphatic carbocycles. The minimum absolute atomic E-state index is 0.184. The first-order chi connectivity index (χ1) is 6.09. The highest BCUT2D eigenvalue weighted by molar-refractivity contribution is 6.02. The van der Waals surface area contributed by atoms with Gasteiger partial charge in [-0.2, -0.15) is 0 Å². The number of nitrogens with two attached hydrogens (primary N) is 1. The van der Waals surface area contributed by atoms with E-state index in [4.69, 9.17) is 5.73 Å². The molecular weight excluding hydrogens is 172 g/mol. The smallest absolute Gasteiger partial charge is 0.256 e. The second-order valence-corrected chi connectivity index (χ2v) is 2.37. The van der Waals surface area contributed by atoms with Crippen molar-refractivity contribution in [2.45, 2.75) is 0 Å². The molecule has 0 saturated heterocycles. The van der Waals surface area contributed by atoms with Crippen LogP contribution in [0.1, 0.15) is 10.4 Å². The Morgan fingerprint density at radius 1 is 1.38 bits per heavy atom. The summed E-state index contributed by atoms with van der Waals surface area (Å²) in [4.78, 5) is 21.0. The highest BCUT2D eigenvalue weighted by atomic mass is 16.4. The van der Waals surface area contributed by atoms with E-state index in [1.54, 1.807) is 17.4 Å². The van der Waals surface area contributed by atoms with Crippen molar-refractivity contribution >= 4 is 17.7 Å². The van der Waals surface area contributed by atoms with Gasteiger partial charge in [0.15, 0.2) is 0 Å². The van der Waals surface area contributed by atoms with Crippen LogP contribution in [0.4, 0.5) is 10.5 Å². The van der Waals surface area contributed by atoms with Crippen molar-refractivity contribution in [2.24, 2.45) is 0 Å². The number of benzene rings is 1. The van der Waals surface area contributed by atoms with E-state index in [0.29, 0.717) is 5.69 Å². The number of anilines is 1. The molecule has 0 aromatic heterocycles. The lowest BCUT2D eigenvalue weighted by Gasteiger charge is -2.04. The number of amides is 2. The molecule has 0 radical (unpaired) electrons. The third-order valence-electron chi connectivity index (χ3n) is 1.36. The van der Waals surface area contributed by atoms with Gasteiger partial charge in [0.1, 0.15) is 6.09 Å². The fourth-order valence-corrected chi connectivity index (χ4v) is 0.845. The first-order valence-electron chi connectivity index (χ1n) is 3.47. The average Bonchev–Trinajstić information content (AvgIpc) is 2.03. The van der Waals surface area contributed by atoms with Gasteiger partial charge in [-0.25, -0.2) is 0 Å². The van der Waals surface area contributed by atoms with Gasteiger partial charge < -0.3 is 21.0 Å². The number of nitrogens with one attached hydrogen (secondary N) is 1. The highest BCUT2D eigenvalue weighted by Crippen LogP contribution is 2.05. The van der Waals surface area contributed by atoms with E-state index in [9.17, 15) is 14.7 Å². The normalized spacial score (nSPS) is 9.23. The van der Waals surface area contributed by atoms with E-state index in [0.717, 1.165) is 0 Å². The minimum atomic E-state index is -1.63. The Balaban J connectivity index is 2.83. The van der Waals surface area contributed by atoms with Crippen LogP contribution in [0.25, 0.3) is 0 Å². The van der Waals surface area contributed by atoms with E-state index in [2.05, 4.69) is 0 Å². The van der Waals surface area contributed by atoms with Crippen LogP contribution in [-0.2, 0) is 0 Å². The molecule has 68 valence electrons. The topological polar surface area (TPSA) is 95.2 Å². The Hall–Kier alpha value is -2.04. The van der Waals surface area contributed by atoms with Crippen molar-refractivity contribution in [1.29, 1.82) is 0 Å². The van der Waals surface area contributed by atoms with Crippen molar-refractivity contribution < 1.29 is 14.7 Å². The monoisotopic (exact) mass is 179 g/mol. The maximum absolute atomic E-state index is 11.0. The number of imide groups is 1. The lowest BCUT2D eigenvalue weighted by molar-refractivity contribution is -0.249. The molecule has 0 aliphatic rings. The van der Waals surface area contributed by atoms with Gasteiger partial charge in [0.25, 0.3) is 5.91 Å². The maximum Gasteiger partial charge on any atom is 0.256 e. The van der Waals surface area contributed by atoms with E-state index >= 15 is 0 Å². The third-order valence-corrected chi connectivity index (χ3v) is 1.36. The molecule has 0 fully saturated rings. The average molecular weight is 179 g/mol. The number of carbonyl (C=O) groups excluding carboxylic acids is 2. The number of hydrogen-bond acceptors (Lipinski definition) is 4. The zero-order valence-electron chi connectivity index (χ0n) is 6.61. The summed E-state index contributed by atoms with van der Waals surface area (Å²) in [5, 5.41) is 11.6. The zero-order chi connectivity index (χ0) is 9.84. The maximum atomic E-state index is 11.0. The Morgan fingerprint density at radius 2 is 2.08 bits per heavy atom. The second-order valence-electron chi connectivity index (χ2n) is 2.37. The molecule has 13 heavy (non-hydrogen) atoms. The first kappa shape index (κ1) is 9.05. The molecule has 0 unspecified atom stereocenters. The van der Waals surface area contributed by atoms with Crippen molar-refractivity contribution in [3.8, 4) is 0 Å². The van der Waals surface area contributed by atoms with Crippen LogP contribution in [0, 0.1) is 0 Å². The summed E-state index contributed by atoms with van der Waals surface area (Å²) < 4.78 is 0. The molecule has 0 saturated carbocycles. The summed E-state index contributed by atoms with van der Waals surface area (Å²) in [6.45, 7) is 0. The molecule has 0 spiro atoms. The Kier molecular flexibility index (Phi) is 2.49. The molecule has 1 aromatic carbocycles. The predicted octanol–water partition coefficient (Wildman–Crippen LogP) is -0.658. The second kappa shape index (κ2) is 3.57. The van der Waals surface area contributed by atoms with Crippen LogP contribution in [0.2, 0.25) is 0 Å². The summed E-state index contributed by atoms with van der Waals surface area (Å²) in [7, 11) is 0. The largest absolute Gasteiger partial charge is 0.530 e. The molecule has 5 nitrogen and oxygen atoms in total. The summed E-state index contributed by atoms with van der Waals surface area (Å²) in [6, 6.07) is 5.97. The Bertz CT molecular complexity index is 349. The van der Waals surface area contributed by atoms with Gasteiger partial charge >= 0.3 is 0 Å². The zero-order valence-corrected chi connectivity index (χ0v) is 6.61. The van der Waals surface area contributed by atoms with E-state index < -0.39 is 12.0 Å². The summed E-state index contributed by atoms with van der Waals surface area (Å²) >= 11 is 0. The van der Waals surface area contributed by atoms with Crippen molar-refractivity contribution in [1.82, 2.24) is 5.32 Å². The van der Waals surface area contributed by atoms with Crippen molar-refractivity contribution in [2.75, 3.05) is 5.73 Å². The molecule has 0 bridgehead atoms. The van der Waals surface area contributed by atoms with E-state index in [1.165, 1.54) is 12.1 Å². The molecule has 0 heterocycles. The van der Waals surface area contributed by atoms with Crippen LogP contribution >= 0.6 is 0 Å². The molecule has 2 amide bonds. The van der Waals surface area contributed by atoms with Crippen LogP contribution in [0.3, 0.4) is 0 Å². The van der Waals surface area contributed by atoms with Crippen LogP contribution in [-0.4, -0.2) is 12.0 Å². The van der Waals surface area contributed by atoms with Gasteiger partial charge in [-0.05, 0) is 18.2 Å². The van der Waals surface area contributed by atoms with Gasteiger partial charge in [0, 0.05) is 11.3 Å². The number of hydrogen-bond donors (Lipinski definition) is 2. The van der Waals surface area contributed by atoms with Gasteiger partial charge in [0.05, 0.1) is 0 Å². The first-order valence-corrected chi connectivity index (χ1v) is 3.47. The van der Waals surface area contributed by atoms with E-state index in [1.807, 2.05) is 0 Å². The number of nitrogen functional groups attached to an aromatic ring is 1. The van der Waals surface area contributed by atoms with Crippen LogP contribution in [0.5, 0.6) is 0 Å². The molecule has 0 aliphatic heterocycles. The number of rotatable bonds is 1. The van der Waals surface area contributed by atoms with Gasteiger partial charge in [-0.3, -0.25) is 4.79 Å². The molecule has 3 N–H and O–H groups in total. The fourth-order valence-electron chi connectivity index (χ4n) is 0.845.